The first-order chi connectivity index (χ1) is 11.6. The lowest BCUT2D eigenvalue weighted by Gasteiger charge is -2.10. The van der Waals surface area contributed by atoms with Crippen molar-refractivity contribution in [2.45, 2.75) is 13.3 Å². The van der Waals surface area contributed by atoms with Crippen molar-refractivity contribution in [1.29, 1.82) is 0 Å². The molecule has 2 amide bonds. The van der Waals surface area contributed by atoms with Crippen LogP contribution in [0.2, 0.25) is 0 Å². The lowest BCUT2D eigenvalue weighted by molar-refractivity contribution is -0.114. The largest absolute Gasteiger partial charge is 0.376 e. The van der Waals surface area contributed by atoms with E-state index in [2.05, 4.69) is 31.9 Å². The van der Waals surface area contributed by atoms with Gasteiger partial charge >= 0.3 is 0 Å². The number of nitrogens with one attached hydrogen (secondary N) is 3. The van der Waals surface area contributed by atoms with E-state index >= 15 is 0 Å². The Balaban J connectivity index is 1.85. The molecule has 0 atom stereocenters. The van der Waals surface area contributed by atoms with E-state index in [-0.39, 0.29) is 18.4 Å². The van der Waals surface area contributed by atoms with Gasteiger partial charge in [0.25, 0.3) is 5.91 Å². The highest BCUT2D eigenvalue weighted by molar-refractivity contribution is 9.10. The lowest BCUT2D eigenvalue weighted by atomic mass is 10.2. The molecule has 0 spiro atoms. The van der Waals surface area contributed by atoms with E-state index in [4.69, 9.17) is 0 Å². The Morgan fingerprint density at radius 3 is 2.42 bits per heavy atom. The molecule has 24 heavy (non-hydrogen) atoms. The van der Waals surface area contributed by atoms with Crippen molar-refractivity contribution >= 4 is 39.1 Å². The maximum Gasteiger partial charge on any atom is 0.251 e. The molecule has 2 aromatic rings. The summed E-state index contributed by atoms with van der Waals surface area (Å²) in [5, 5.41) is 8.68. The Morgan fingerprint density at radius 1 is 1.04 bits per heavy atom. The fourth-order valence-corrected chi connectivity index (χ4v) is 2.40. The zero-order chi connectivity index (χ0) is 17.4. The van der Waals surface area contributed by atoms with Crippen LogP contribution in [0.1, 0.15) is 23.7 Å². The van der Waals surface area contributed by atoms with Gasteiger partial charge in [0.2, 0.25) is 5.91 Å². The molecule has 2 rings (SSSR count). The number of amides is 2. The van der Waals surface area contributed by atoms with Gasteiger partial charge in [-0.05, 0) is 58.7 Å². The first kappa shape index (κ1) is 18.0. The summed E-state index contributed by atoms with van der Waals surface area (Å²) in [7, 11) is 0. The summed E-state index contributed by atoms with van der Waals surface area (Å²) >= 11 is 3.39. The summed E-state index contributed by atoms with van der Waals surface area (Å²) in [5.41, 5.74) is 2.11. The quantitative estimate of drug-likeness (QED) is 0.676. The molecular weight excluding hydrogens is 370 g/mol. The Bertz CT molecular complexity index is 702. The highest BCUT2D eigenvalue weighted by Crippen LogP contribution is 2.21. The molecule has 5 nitrogen and oxygen atoms in total. The molecule has 0 bridgehead atoms. The molecule has 6 heteroatoms. The molecule has 0 radical (unpaired) electrons. The highest BCUT2D eigenvalue weighted by Gasteiger charge is 2.06. The molecule has 0 saturated carbocycles. The Hall–Kier alpha value is -2.34. The van der Waals surface area contributed by atoms with Crippen molar-refractivity contribution in [3.8, 4) is 0 Å². The third-order valence-corrected chi connectivity index (χ3v) is 3.98. The Labute approximate surface area is 150 Å². The first-order valence-corrected chi connectivity index (χ1v) is 8.56. The molecule has 3 N–H and O–H groups in total. The molecular formula is C18H20BrN3O2. The van der Waals surface area contributed by atoms with Crippen LogP contribution in [0, 0.1) is 0 Å². The SMILES string of the molecule is CCCNC(=O)c1ccc(NCC(=O)Nc2ccccc2Br)cc1. The van der Waals surface area contributed by atoms with Gasteiger partial charge in [0.15, 0.2) is 0 Å². The van der Waals surface area contributed by atoms with Crippen LogP contribution in [0.15, 0.2) is 53.0 Å². The molecule has 0 aromatic heterocycles. The van der Waals surface area contributed by atoms with Gasteiger partial charge in [0, 0.05) is 22.3 Å². The van der Waals surface area contributed by atoms with Crippen LogP contribution in [-0.4, -0.2) is 24.9 Å². The van der Waals surface area contributed by atoms with Gasteiger partial charge in [-0.2, -0.15) is 0 Å². The first-order valence-electron chi connectivity index (χ1n) is 7.76. The average Bonchev–Trinajstić information content (AvgIpc) is 2.60. The summed E-state index contributed by atoms with van der Waals surface area (Å²) in [6.07, 6.45) is 0.901. The number of anilines is 2. The van der Waals surface area contributed by atoms with Gasteiger partial charge in [0.05, 0.1) is 12.2 Å². The summed E-state index contributed by atoms with van der Waals surface area (Å²) in [5.74, 6) is -0.235. The van der Waals surface area contributed by atoms with Crippen LogP contribution < -0.4 is 16.0 Å². The predicted molar refractivity (Wildman–Crippen MR) is 100 cm³/mol. The monoisotopic (exact) mass is 389 g/mol. The van der Waals surface area contributed by atoms with Gasteiger partial charge in [-0.1, -0.05) is 19.1 Å². The molecule has 0 unspecified atom stereocenters. The van der Waals surface area contributed by atoms with Gasteiger partial charge in [-0.3, -0.25) is 9.59 Å². The minimum absolute atomic E-state index is 0.0879. The Kier molecular flexibility index (Phi) is 6.81. The summed E-state index contributed by atoms with van der Waals surface area (Å²) in [6, 6.07) is 14.5. The third kappa shape index (κ3) is 5.38. The maximum atomic E-state index is 12.0. The smallest absolute Gasteiger partial charge is 0.251 e. The number of carbonyl (C=O) groups excluding carboxylic acids is 2. The van der Waals surface area contributed by atoms with Crippen LogP contribution in [-0.2, 0) is 4.79 Å². The van der Waals surface area contributed by atoms with Gasteiger partial charge < -0.3 is 16.0 Å². The van der Waals surface area contributed by atoms with E-state index in [1.54, 1.807) is 24.3 Å². The minimum atomic E-state index is -0.147. The van der Waals surface area contributed by atoms with Crippen molar-refractivity contribution in [2.24, 2.45) is 0 Å². The van der Waals surface area contributed by atoms with Gasteiger partial charge in [0.1, 0.15) is 0 Å². The fraction of sp³-hybridized carbons (Fsp3) is 0.222. The van der Waals surface area contributed by atoms with E-state index in [1.807, 2.05) is 31.2 Å². The summed E-state index contributed by atoms with van der Waals surface area (Å²) in [6.45, 7) is 2.81. The zero-order valence-electron chi connectivity index (χ0n) is 13.4. The van der Waals surface area contributed by atoms with Crippen molar-refractivity contribution in [3.63, 3.8) is 0 Å². The van der Waals surface area contributed by atoms with Crippen molar-refractivity contribution in [1.82, 2.24) is 5.32 Å². The van der Waals surface area contributed by atoms with E-state index in [0.717, 1.165) is 22.3 Å². The fourth-order valence-electron chi connectivity index (χ4n) is 2.02. The van der Waals surface area contributed by atoms with E-state index in [0.29, 0.717) is 12.1 Å². The normalized spacial score (nSPS) is 10.1. The van der Waals surface area contributed by atoms with Crippen molar-refractivity contribution in [3.05, 3.63) is 58.6 Å². The lowest BCUT2D eigenvalue weighted by Crippen LogP contribution is -2.24. The molecule has 2 aromatic carbocycles. The highest BCUT2D eigenvalue weighted by atomic mass is 79.9. The van der Waals surface area contributed by atoms with E-state index in [9.17, 15) is 9.59 Å². The number of rotatable bonds is 7. The molecule has 0 aliphatic rings. The maximum absolute atomic E-state index is 12.0. The second-order valence-corrected chi connectivity index (χ2v) is 6.07. The van der Waals surface area contributed by atoms with Crippen LogP contribution in [0.4, 0.5) is 11.4 Å². The van der Waals surface area contributed by atoms with Crippen molar-refractivity contribution < 1.29 is 9.59 Å². The van der Waals surface area contributed by atoms with Crippen molar-refractivity contribution in [2.75, 3.05) is 23.7 Å². The molecule has 0 aliphatic carbocycles. The third-order valence-electron chi connectivity index (χ3n) is 3.28. The Morgan fingerprint density at radius 2 is 1.75 bits per heavy atom. The van der Waals surface area contributed by atoms with Crippen LogP contribution >= 0.6 is 15.9 Å². The molecule has 0 aliphatic heterocycles. The molecule has 0 saturated heterocycles. The van der Waals surface area contributed by atoms with Gasteiger partial charge in [-0.15, -0.1) is 0 Å². The molecule has 0 heterocycles. The van der Waals surface area contributed by atoms with E-state index < -0.39 is 0 Å². The standard InChI is InChI=1S/C18H20BrN3O2/c1-2-11-20-18(24)13-7-9-14(10-8-13)21-12-17(23)22-16-6-4-3-5-15(16)19/h3-10,21H,2,11-12H2,1H3,(H,20,24)(H,22,23). The molecule has 126 valence electrons. The van der Waals surface area contributed by atoms with Crippen LogP contribution in [0.25, 0.3) is 0 Å². The number of benzene rings is 2. The van der Waals surface area contributed by atoms with Gasteiger partial charge in [-0.25, -0.2) is 0 Å². The van der Waals surface area contributed by atoms with Crippen LogP contribution in [0.3, 0.4) is 0 Å². The number of para-hydroxylation sites is 1. The topological polar surface area (TPSA) is 70.2 Å². The van der Waals surface area contributed by atoms with Crippen LogP contribution in [0.5, 0.6) is 0 Å². The summed E-state index contributed by atoms with van der Waals surface area (Å²) in [4.78, 5) is 23.8. The van der Waals surface area contributed by atoms with E-state index in [1.165, 1.54) is 0 Å². The average molecular weight is 390 g/mol. The summed E-state index contributed by atoms with van der Waals surface area (Å²) < 4.78 is 0.834. The number of carbonyl (C=O) groups is 2. The predicted octanol–water partition coefficient (Wildman–Crippen LogP) is 3.64. The molecule has 0 fully saturated rings. The number of hydrogen-bond acceptors (Lipinski definition) is 3. The number of hydrogen-bond donors (Lipinski definition) is 3. The minimum Gasteiger partial charge on any atom is -0.376 e. The zero-order valence-corrected chi connectivity index (χ0v) is 15.0. The second-order valence-electron chi connectivity index (χ2n) is 5.21. The second kappa shape index (κ2) is 9.08. The number of halogens is 1.